The van der Waals surface area contributed by atoms with Gasteiger partial charge in [0.15, 0.2) is 5.76 Å². The van der Waals surface area contributed by atoms with Crippen molar-refractivity contribution in [3.05, 3.63) is 42.4 Å². The van der Waals surface area contributed by atoms with Gasteiger partial charge in [-0.15, -0.1) is 0 Å². The predicted molar refractivity (Wildman–Crippen MR) is 90.8 cm³/mol. The van der Waals surface area contributed by atoms with E-state index in [0.717, 1.165) is 25.4 Å². The van der Waals surface area contributed by atoms with Gasteiger partial charge in [-0.25, -0.2) is 4.98 Å². The molecule has 1 N–H and O–H groups in total. The monoisotopic (exact) mass is 331 g/mol. The van der Waals surface area contributed by atoms with Gasteiger partial charge in [0, 0.05) is 44.0 Å². The Bertz CT molecular complexity index is 664. The normalized spacial score (nSPS) is 21.5. The summed E-state index contributed by atoms with van der Waals surface area (Å²) >= 11 is 0. The van der Waals surface area contributed by atoms with Crippen molar-refractivity contribution < 1.29 is 9.21 Å². The number of hydrogen-bond donors (Lipinski definition) is 1. The molecule has 3 rings (SSSR count). The van der Waals surface area contributed by atoms with Gasteiger partial charge in [0.1, 0.15) is 5.76 Å². The topological polar surface area (TPSA) is 66.5 Å². The smallest absolute Gasteiger partial charge is 0.287 e. The summed E-state index contributed by atoms with van der Waals surface area (Å²) < 4.78 is 7.59. The van der Waals surface area contributed by atoms with E-state index in [0.29, 0.717) is 18.2 Å². The van der Waals surface area contributed by atoms with Crippen molar-refractivity contribution >= 4 is 5.91 Å². The van der Waals surface area contributed by atoms with E-state index in [4.69, 9.17) is 4.42 Å². The maximum Gasteiger partial charge on any atom is 0.287 e. The largest absolute Gasteiger partial charge is 0.454 e. The molecule has 7 heteroatoms. The molecule has 24 heavy (non-hydrogen) atoms. The highest BCUT2D eigenvalue weighted by molar-refractivity contribution is 5.91. The molecular formula is C17H25N5O2. The molecule has 1 aliphatic heterocycles. The van der Waals surface area contributed by atoms with E-state index in [1.807, 2.05) is 16.8 Å². The van der Waals surface area contributed by atoms with E-state index in [-0.39, 0.29) is 11.9 Å². The molecule has 3 heterocycles. The van der Waals surface area contributed by atoms with Gasteiger partial charge in [-0.2, -0.15) is 0 Å². The Hall–Kier alpha value is -2.12. The third kappa shape index (κ3) is 4.04. The molecule has 1 amide bonds. The second kappa shape index (κ2) is 7.19. The highest BCUT2D eigenvalue weighted by Gasteiger charge is 2.32. The van der Waals surface area contributed by atoms with Crippen LogP contribution in [0.1, 0.15) is 16.3 Å². The summed E-state index contributed by atoms with van der Waals surface area (Å²) in [5, 5.41) is 3.13. The van der Waals surface area contributed by atoms with Gasteiger partial charge in [0.05, 0.1) is 12.9 Å². The molecule has 2 atom stereocenters. The summed E-state index contributed by atoms with van der Waals surface area (Å²) in [5.74, 6) is 1.39. The molecule has 0 radical (unpaired) electrons. The summed E-state index contributed by atoms with van der Waals surface area (Å²) in [6.45, 7) is 3.39. The summed E-state index contributed by atoms with van der Waals surface area (Å²) in [5.41, 5.74) is 0. The summed E-state index contributed by atoms with van der Waals surface area (Å²) in [7, 11) is 6.21. The van der Waals surface area contributed by atoms with Crippen LogP contribution in [-0.2, 0) is 6.54 Å². The average molecular weight is 331 g/mol. The number of amides is 1. The van der Waals surface area contributed by atoms with Crippen molar-refractivity contribution in [3.63, 3.8) is 0 Å². The van der Waals surface area contributed by atoms with Gasteiger partial charge >= 0.3 is 0 Å². The number of rotatable bonds is 6. The van der Waals surface area contributed by atoms with E-state index < -0.39 is 0 Å². The van der Waals surface area contributed by atoms with Crippen molar-refractivity contribution in [3.8, 4) is 0 Å². The molecule has 0 aliphatic carbocycles. The molecule has 0 unspecified atom stereocenters. The van der Waals surface area contributed by atoms with Crippen LogP contribution in [0.4, 0.5) is 0 Å². The zero-order valence-electron chi connectivity index (χ0n) is 14.5. The molecule has 0 bridgehead atoms. The van der Waals surface area contributed by atoms with Gasteiger partial charge in [-0.1, -0.05) is 0 Å². The third-order valence-corrected chi connectivity index (χ3v) is 4.32. The number of carbonyl (C=O) groups is 1. The molecule has 0 saturated carbocycles. The Morgan fingerprint density at radius 3 is 2.96 bits per heavy atom. The lowest BCUT2D eigenvalue weighted by atomic mass is 10.0. The standard InChI is InChI=1S/C17H25N5O2/c1-20(2)8-13-9-21(3)11-15(13)19-17(23)16-5-4-14(24-16)10-22-7-6-18-12-22/h4-7,12-13,15H,8-11H2,1-3H3,(H,19,23)/t13-,15-/m1/s1. The van der Waals surface area contributed by atoms with Gasteiger partial charge < -0.3 is 24.1 Å². The van der Waals surface area contributed by atoms with Crippen LogP contribution in [0, 0.1) is 5.92 Å². The Labute approximate surface area is 142 Å². The van der Waals surface area contributed by atoms with E-state index in [9.17, 15) is 4.79 Å². The number of furan rings is 1. The van der Waals surface area contributed by atoms with Gasteiger partial charge in [-0.05, 0) is 33.3 Å². The van der Waals surface area contributed by atoms with Crippen LogP contribution in [0.3, 0.4) is 0 Å². The van der Waals surface area contributed by atoms with Crippen LogP contribution >= 0.6 is 0 Å². The number of imidazole rings is 1. The number of hydrogen-bond acceptors (Lipinski definition) is 5. The predicted octanol–water partition coefficient (Wildman–Crippen LogP) is 0.746. The average Bonchev–Trinajstić information content (AvgIpc) is 3.22. The number of aromatic nitrogens is 2. The minimum atomic E-state index is -0.143. The molecule has 1 saturated heterocycles. The fourth-order valence-corrected chi connectivity index (χ4v) is 3.29. The minimum Gasteiger partial charge on any atom is -0.454 e. The van der Waals surface area contributed by atoms with E-state index in [2.05, 4.69) is 41.2 Å². The quantitative estimate of drug-likeness (QED) is 0.846. The molecule has 1 fully saturated rings. The zero-order chi connectivity index (χ0) is 17.1. The Morgan fingerprint density at radius 2 is 2.25 bits per heavy atom. The first-order valence-electron chi connectivity index (χ1n) is 8.20. The molecule has 1 aliphatic rings. The Morgan fingerprint density at radius 1 is 1.42 bits per heavy atom. The van der Waals surface area contributed by atoms with Gasteiger partial charge in [0.25, 0.3) is 5.91 Å². The fraction of sp³-hybridized carbons (Fsp3) is 0.529. The molecule has 7 nitrogen and oxygen atoms in total. The summed E-state index contributed by atoms with van der Waals surface area (Å²) in [6, 6.07) is 3.72. The van der Waals surface area contributed by atoms with Crippen LogP contribution in [0.2, 0.25) is 0 Å². The zero-order valence-corrected chi connectivity index (χ0v) is 14.5. The fourth-order valence-electron chi connectivity index (χ4n) is 3.29. The van der Waals surface area contributed by atoms with Crippen LogP contribution in [0.5, 0.6) is 0 Å². The molecule has 0 spiro atoms. The second-order valence-electron chi connectivity index (χ2n) is 6.82. The number of nitrogens with one attached hydrogen (secondary N) is 1. The lowest BCUT2D eigenvalue weighted by molar-refractivity contribution is 0.0897. The first-order valence-corrected chi connectivity index (χ1v) is 8.20. The van der Waals surface area contributed by atoms with Crippen LogP contribution in [0.15, 0.2) is 35.3 Å². The highest BCUT2D eigenvalue weighted by atomic mass is 16.4. The summed E-state index contributed by atoms with van der Waals surface area (Å²) in [6.07, 6.45) is 5.31. The lowest BCUT2D eigenvalue weighted by Crippen LogP contribution is -2.43. The number of carbonyl (C=O) groups excluding carboxylic acids is 1. The minimum absolute atomic E-state index is 0.143. The number of likely N-dealkylation sites (N-methyl/N-ethyl adjacent to an activating group) is 1. The first-order chi connectivity index (χ1) is 11.5. The Balaban J connectivity index is 1.61. The number of nitrogens with zero attached hydrogens (tertiary/aromatic N) is 4. The van der Waals surface area contributed by atoms with Crippen LogP contribution in [-0.4, -0.2) is 72.1 Å². The molecule has 130 valence electrons. The maximum absolute atomic E-state index is 12.5. The van der Waals surface area contributed by atoms with E-state index >= 15 is 0 Å². The van der Waals surface area contributed by atoms with Crippen LogP contribution in [0.25, 0.3) is 0 Å². The number of likely N-dealkylation sites (tertiary alicyclic amines) is 1. The van der Waals surface area contributed by atoms with Crippen molar-refractivity contribution in [2.24, 2.45) is 5.92 Å². The third-order valence-electron chi connectivity index (χ3n) is 4.32. The van der Waals surface area contributed by atoms with Crippen molar-refractivity contribution in [2.45, 2.75) is 12.6 Å². The maximum atomic E-state index is 12.5. The van der Waals surface area contributed by atoms with E-state index in [1.165, 1.54) is 0 Å². The molecule has 2 aromatic heterocycles. The Kier molecular flexibility index (Phi) is 5.01. The van der Waals surface area contributed by atoms with Gasteiger partial charge in [-0.3, -0.25) is 4.79 Å². The van der Waals surface area contributed by atoms with Crippen molar-refractivity contribution in [1.29, 1.82) is 0 Å². The lowest BCUT2D eigenvalue weighted by Gasteiger charge is -2.22. The first kappa shape index (κ1) is 16.7. The van der Waals surface area contributed by atoms with Crippen LogP contribution < -0.4 is 5.32 Å². The molecule has 2 aromatic rings. The van der Waals surface area contributed by atoms with Gasteiger partial charge in [0.2, 0.25) is 0 Å². The van der Waals surface area contributed by atoms with Crippen molar-refractivity contribution in [1.82, 2.24) is 24.7 Å². The summed E-state index contributed by atoms with van der Waals surface area (Å²) in [4.78, 5) is 20.9. The molecule has 0 aromatic carbocycles. The second-order valence-corrected chi connectivity index (χ2v) is 6.82. The van der Waals surface area contributed by atoms with Crippen molar-refractivity contribution in [2.75, 3.05) is 40.8 Å². The molecular weight excluding hydrogens is 306 g/mol. The SMILES string of the molecule is CN(C)C[C@@H]1CN(C)C[C@H]1NC(=O)c1ccc(Cn2ccnc2)o1. The van der Waals surface area contributed by atoms with E-state index in [1.54, 1.807) is 18.6 Å². The highest BCUT2D eigenvalue weighted by Crippen LogP contribution is 2.17.